The number of fused-ring (bicyclic) bond motifs is 1. The summed E-state index contributed by atoms with van der Waals surface area (Å²) in [4.78, 5) is 14.8. The molecule has 0 aliphatic rings. The summed E-state index contributed by atoms with van der Waals surface area (Å²) in [6.45, 7) is 0. The summed E-state index contributed by atoms with van der Waals surface area (Å²) in [5, 5.41) is 0.470. The molecule has 0 bridgehead atoms. The number of carbonyl (C=O) groups excluding carboxylic acids is 1. The van der Waals surface area contributed by atoms with Gasteiger partial charge in [-0.1, -0.05) is 23.5 Å². The van der Waals surface area contributed by atoms with E-state index in [1.54, 1.807) is 0 Å². The van der Waals surface area contributed by atoms with Crippen LogP contribution < -0.4 is 5.32 Å². The first kappa shape index (κ1) is 19.3. The minimum Gasteiger partial charge on any atom is -0.296 e. The highest BCUT2D eigenvalue weighted by Gasteiger charge is 2.83. The van der Waals surface area contributed by atoms with Crippen molar-refractivity contribution in [3.63, 3.8) is 0 Å². The molecule has 0 saturated heterocycles. The van der Waals surface area contributed by atoms with Crippen molar-refractivity contribution < 1.29 is 44.3 Å². The Balaban J connectivity index is 2.32. The lowest BCUT2D eigenvalue weighted by Gasteiger charge is -2.32. The zero-order valence-corrected chi connectivity index (χ0v) is 12.3. The van der Waals surface area contributed by atoms with Crippen molar-refractivity contribution in [2.24, 2.45) is 0 Å². The number of thiazole rings is 1. The second-order valence-electron chi connectivity index (χ2n) is 4.66. The normalized spacial score (nSPS) is 14.0. The summed E-state index contributed by atoms with van der Waals surface area (Å²) >= 11 is 0.534. The van der Waals surface area contributed by atoms with Gasteiger partial charge in [-0.05, 0) is 12.1 Å². The topological polar surface area (TPSA) is 42.0 Å². The van der Waals surface area contributed by atoms with E-state index in [-0.39, 0.29) is 5.52 Å². The van der Waals surface area contributed by atoms with E-state index in [1.165, 1.54) is 24.3 Å². The van der Waals surface area contributed by atoms with Crippen LogP contribution in [0.2, 0.25) is 0 Å². The summed E-state index contributed by atoms with van der Waals surface area (Å²) < 4.78 is 115. The molecule has 0 fully saturated rings. The molecule has 1 N–H and O–H groups in total. The smallest absolute Gasteiger partial charge is 0.296 e. The van der Waals surface area contributed by atoms with E-state index in [2.05, 4.69) is 4.98 Å². The van der Waals surface area contributed by atoms with Gasteiger partial charge in [0.15, 0.2) is 5.13 Å². The number of amides is 1. The van der Waals surface area contributed by atoms with Gasteiger partial charge in [0.25, 0.3) is 0 Å². The van der Waals surface area contributed by atoms with Gasteiger partial charge in [0.1, 0.15) is 0 Å². The Morgan fingerprint density at radius 1 is 0.920 bits per heavy atom. The van der Waals surface area contributed by atoms with Crippen LogP contribution in [0.4, 0.5) is 44.6 Å². The summed E-state index contributed by atoms with van der Waals surface area (Å²) in [5.74, 6) is -23.5. The van der Waals surface area contributed by atoms with Gasteiger partial charge in [-0.25, -0.2) is 4.98 Å². The largest absolute Gasteiger partial charge is 0.460 e. The summed E-state index contributed by atoms with van der Waals surface area (Å²) in [6.07, 6.45) is -6.99. The quantitative estimate of drug-likeness (QED) is 0.762. The summed E-state index contributed by atoms with van der Waals surface area (Å²) in [6, 6.07) is 5.76. The highest BCUT2D eigenvalue weighted by molar-refractivity contribution is 7.22. The fourth-order valence-electron chi connectivity index (χ4n) is 1.62. The van der Waals surface area contributed by atoms with Crippen LogP contribution in [0, 0.1) is 0 Å². The lowest BCUT2D eigenvalue weighted by molar-refractivity contribution is -0.388. The Bertz CT molecular complexity index is 766. The van der Waals surface area contributed by atoms with E-state index < -0.39 is 35.0 Å². The number of aromatic nitrogens is 1. The number of alkyl halides is 9. The van der Waals surface area contributed by atoms with Crippen molar-refractivity contribution in [2.45, 2.75) is 23.9 Å². The van der Waals surface area contributed by atoms with Gasteiger partial charge in [0.05, 0.1) is 10.2 Å². The number of rotatable bonds is 4. The molecule has 1 aromatic carbocycles. The Hall–Kier alpha value is -2.05. The monoisotopic (exact) mass is 396 g/mol. The van der Waals surface area contributed by atoms with Crippen molar-refractivity contribution in [3.8, 4) is 0 Å². The standard InChI is InChI=1S/C12H5F9N2OS/c13-9(14,10(15,16)11(17,18)12(19,20)21)7(24)23-8-22-5-3-1-2-4-6(5)25-8/h1-4H,(H,22,23,24). The number of halogens is 9. The number of para-hydroxylation sites is 1. The van der Waals surface area contributed by atoms with Gasteiger partial charge >= 0.3 is 29.9 Å². The first-order valence-electron chi connectivity index (χ1n) is 6.09. The lowest BCUT2D eigenvalue weighted by atomic mass is 10.0. The average Bonchev–Trinajstić information content (AvgIpc) is 2.87. The highest BCUT2D eigenvalue weighted by Crippen LogP contribution is 2.53. The zero-order valence-electron chi connectivity index (χ0n) is 11.5. The minimum atomic E-state index is -7.13. The molecule has 1 heterocycles. The lowest BCUT2D eigenvalue weighted by Crippen LogP contribution is -2.64. The summed E-state index contributed by atoms with van der Waals surface area (Å²) in [7, 11) is 0. The van der Waals surface area contributed by atoms with Crippen molar-refractivity contribution in [2.75, 3.05) is 5.32 Å². The second-order valence-corrected chi connectivity index (χ2v) is 5.69. The predicted molar refractivity (Wildman–Crippen MR) is 69.1 cm³/mol. The molecule has 0 unspecified atom stereocenters. The zero-order chi connectivity index (χ0) is 19.3. The van der Waals surface area contributed by atoms with Gasteiger partial charge in [-0.15, -0.1) is 0 Å². The van der Waals surface area contributed by atoms with Crippen LogP contribution >= 0.6 is 11.3 Å². The molecule has 2 aromatic rings. The fraction of sp³-hybridized carbons (Fsp3) is 0.333. The second kappa shape index (κ2) is 5.75. The molecule has 1 aromatic heterocycles. The number of carbonyl (C=O) groups is 1. The van der Waals surface area contributed by atoms with Gasteiger partial charge in [-0.3, -0.25) is 10.1 Å². The van der Waals surface area contributed by atoms with Crippen LogP contribution in [0.3, 0.4) is 0 Å². The molecular formula is C12H5F9N2OS. The Morgan fingerprint density at radius 3 is 2.00 bits per heavy atom. The third kappa shape index (κ3) is 3.00. The molecule has 1 amide bonds. The molecule has 25 heavy (non-hydrogen) atoms. The molecule has 3 nitrogen and oxygen atoms in total. The molecule has 0 atom stereocenters. The number of anilines is 1. The molecule has 0 saturated carbocycles. The van der Waals surface area contributed by atoms with Gasteiger partial charge in [0.2, 0.25) is 0 Å². The number of hydrogen-bond donors (Lipinski definition) is 1. The molecule has 138 valence electrons. The molecule has 0 aliphatic carbocycles. The maximum absolute atomic E-state index is 13.4. The van der Waals surface area contributed by atoms with E-state index in [4.69, 9.17) is 0 Å². The maximum atomic E-state index is 13.4. The van der Waals surface area contributed by atoms with E-state index >= 15 is 0 Å². The highest BCUT2D eigenvalue weighted by atomic mass is 32.1. The van der Waals surface area contributed by atoms with E-state index in [0.29, 0.717) is 16.0 Å². The SMILES string of the molecule is O=C(Nc1nc2ccccc2s1)C(F)(F)C(F)(F)C(F)(F)C(F)(F)F. The van der Waals surface area contributed by atoms with E-state index in [1.807, 2.05) is 0 Å². The first-order chi connectivity index (χ1) is 11.2. The third-order valence-electron chi connectivity index (χ3n) is 2.94. The third-order valence-corrected chi connectivity index (χ3v) is 3.90. The molecular weight excluding hydrogens is 391 g/mol. The minimum absolute atomic E-state index is 0.165. The van der Waals surface area contributed by atoms with E-state index in [9.17, 15) is 44.3 Å². The number of nitrogens with zero attached hydrogens (tertiary/aromatic N) is 1. The molecule has 2 rings (SSSR count). The molecule has 0 aliphatic heterocycles. The van der Waals surface area contributed by atoms with Gasteiger partial charge < -0.3 is 0 Å². The summed E-state index contributed by atoms with van der Waals surface area (Å²) in [5.41, 5.74) is 0.165. The fourth-order valence-corrected chi connectivity index (χ4v) is 2.48. The number of benzene rings is 1. The van der Waals surface area contributed by atoms with Crippen LogP contribution in [-0.4, -0.2) is 34.8 Å². The van der Waals surface area contributed by atoms with Crippen molar-refractivity contribution in [3.05, 3.63) is 24.3 Å². The average molecular weight is 396 g/mol. The maximum Gasteiger partial charge on any atom is 0.460 e. The van der Waals surface area contributed by atoms with Crippen LogP contribution in [0.1, 0.15) is 0 Å². The van der Waals surface area contributed by atoms with Crippen LogP contribution in [0.25, 0.3) is 10.2 Å². The van der Waals surface area contributed by atoms with Crippen LogP contribution in [0.15, 0.2) is 24.3 Å². The van der Waals surface area contributed by atoms with Crippen molar-refractivity contribution in [1.82, 2.24) is 4.98 Å². The van der Waals surface area contributed by atoms with Crippen LogP contribution in [0.5, 0.6) is 0 Å². The van der Waals surface area contributed by atoms with Crippen LogP contribution in [-0.2, 0) is 4.79 Å². The Labute approximate surface area is 136 Å². The molecule has 0 spiro atoms. The predicted octanol–water partition coefficient (Wildman–Crippen LogP) is 4.70. The first-order valence-corrected chi connectivity index (χ1v) is 6.90. The number of nitrogens with one attached hydrogen (secondary N) is 1. The Morgan fingerprint density at radius 2 is 1.48 bits per heavy atom. The van der Waals surface area contributed by atoms with Crippen molar-refractivity contribution >= 4 is 32.6 Å². The number of hydrogen-bond acceptors (Lipinski definition) is 3. The molecule has 13 heteroatoms. The van der Waals surface area contributed by atoms with Gasteiger partial charge in [-0.2, -0.15) is 39.5 Å². The van der Waals surface area contributed by atoms with Crippen molar-refractivity contribution in [1.29, 1.82) is 0 Å². The molecule has 0 radical (unpaired) electrons. The van der Waals surface area contributed by atoms with E-state index in [0.717, 1.165) is 5.32 Å². The van der Waals surface area contributed by atoms with Gasteiger partial charge in [0, 0.05) is 0 Å². The Kier molecular flexibility index (Phi) is 4.43.